The molecule has 1 fully saturated rings. The van der Waals surface area contributed by atoms with Gasteiger partial charge in [-0.1, -0.05) is 35.3 Å². The topological polar surface area (TPSA) is 107 Å². The minimum Gasteiger partial charge on any atom is -0.488 e. The summed E-state index contributed by atoms with van der Waals surface area (Å²) >= 11 is 12.0. The zero-order valence-corrected chi connectivity index (χ0v) is 25.7. The second-order valence-electron chi connectivity index (χ2n) is 10.7. The summed E-state index contributed by atoms with van der Waals surface area (Å²) in [7, 11) is 0. The van der Waals surface area contributed by atoms with Gasteiger partial charge in [-0.15, -0.1) is 0 Å². The number of hydrogen-bond acceptors (Lipinski definition) is 6. The molecule has 1 aliphatic heterocycles. The molecule has 1 saturated heterocycles. The van der Waals surface area contributed by atoms with E-state index in [4.69, 9.17) is 32.7 Å². The van der Waals surface area contributed by atoms with E-state index in [0.717, 1.165) is 16.5 Å². The largest absolute Gasteiger partial charge is 0.488 e. The molecule has 0 N–H and O–H groups in total. The predicted molar refractivity (Wildman–Crippen MR) is 166 cm³/mol. The second kappa shape index (κ2) is 14.3. The van der Waals surface area contributed by atoms with Gasteiger partial charge in [0.05, 0.1) is 33.1 Å². The standard InChI is InChI=1S/C32H27Cl2F3N4O5/c33-25-5-1-20(12-26(25)34)17-45-28-6-2-19(11-21(28)15-38)16-40-31(43)24-4-3-23(46-29(14-35)30(36)37)13-27(24)41(32(40)44)22-7-9-39(18-42)10-8-22/h1-6,11-13,18,22,29-30H,7-10,14,16-17H2. The van der Waals surface area contributed by atoms with Gasteiger partial charge in [0.2, 0.25) is 6.41 Å². The summed E-state index contributed by atoms with van der Waals surface area (Å²) in [6.07, 6.45) is -3.60. The van der Waals surface area contributed by atoms with E-state index in [-0.39, 0.29) is 41.1 Å². The summed E-state index contributed by atoms with van der Waals surface area (Å²) in [6.45, 7) is -0.782. The maximum Gasteiger partial charge on any atom is 0.332 e. The molecule has 2 heterocycles. The van der Waals surface area contributed by atoms with E-state index in [2.05, 4.69) is 6.07 Å². The molecule has 240 valence electrons. The molecule has 0 bridgehead atoms. The van der Waals surface area contributed by atoms with Gasteiger partial charge in [0.15, 0.2) is 6.10 Å². The van der Waals surface area contributed by atoms with Crippen LogP contribution in [-0.2, 0) is 17.9 Å². The molecule has 1 aliphatic rings. The van der Waals surface area contributed by atoms with Crippen molar-refractivity contribution < 1.29 is 27.4 Å². The summed E-state index contributed by atoms with van der Waals surface area (Å²) < 4.78 is 53.0. The summed E-state index contributed by atoms with van der Waals surface area (Å²) in [5, 5.41) is 10.7. The van der Waals surface area contributed by atoms with Crippen LogP contribution in [0.15, 0.2) is 64.2 Å². The lowest BCUT2D eigenvalue weighted by Crippen LogP contribution is -2.44. The number of ether oxygens (including phenoxy) is 2. The van der Waals surface area contributed by atoms with Crippen LogP contribution < -0.4 is 20.7 Å². The third-order valence-electron chi connectivity index (χ3n) is 7.76. The normalized spacial score (nSPS) is 14.3. The summed E-state index contributed by atoms with van der Waals surface area (Å²) in [6, 6.07) is 15.3. The Bertz CT molecular complexity index is 1920. The molecular weight excluding hydrogens is 648 g/mol. The highest BCUT2D eigenvalue weighted by Crippen LogP contribution is 2.28. The van der Waals surface area contributed by atoms with Crippen LogP contribution >= 0.6 is 23.2 Å². The van der Waals surface area contributed by atoms with Crippen molar-refractivity contribution >= 4 is 40.5 Å². The maximum absolute atomic E-state index is 14.0. The number of rotatable bonds is 11. The van der Waals surface area contributed by atoms with Crippen molar-refractivity contribution in [1.82, 2.24) is 14.0 Å². The molecule has 0 radical (unpaired) electrons. The van der Waals surface area contributed by atoms with Crippen molar-refractivity contribution in [3.05, 3.63) is 102 Å². The van der Waals surface area contributed by atoms with Crippen LogP contribution in [0, 0.1) is 11.3 Å². The van der Waals surface area contributed by atoms with E-state index in [1.807, 2.05) is 0 Å². The van der Waals surface area contributed by atoms with Gasteiger partial charge in [-0.25, -0.2) is 18.0 Å². The fraction of sp³-hybridized carbons (Fsp3) is 0.312. The molecule has 3 aromatic carbocycles. The Balaban J connectivity index is 1.51. The third kappa shape index (κ3) is 7.00. The third-order valence-corrected chi connectivity index (χ3v) is 8.50. The lowest BCUT2D eigenvalue weighted by Gasteiger charge is -2.31. The quantitative estimate of drug-likeness (QED) is 0.188. The molecule has 1 amide bonds. The lowest BCUT2D eigenvalue weighted by molar-refractivity contribution is -0.119. The molecule has 14 heteroatoms. The Hall–Kier alpha value is -4.47. The van der Waals surface area contributed by atoms with E-state index in [1.165, 1.54) is 28.8 Å². The number of nitrogens with zero attached hydrogens (tertiary/aromatic N) is 4. The molecule has 1 atom stereocenters. The van der Waals surface area contributed by atoms with Gasteiger partial charge in [-0.3, -0.25) is 18.7 Å². The smallest absolute Gasteiger partial charge is 0.332 e. The number of aromatic nitrogens is 2. The highest BCUT2D eigenvalue weighted by Gasteiger charge is 2.26. The molecular formula is C32H27Cl2F3N4O5. The number of alkyl halides is 3. The molecule has 46 heavy (non-hydrogen) atoms. The SMILES string of the molecule is N#Cc1cc(Cn2c(=O)c3ccc(OC(CF)C(F)F)cc3n(C3CCN(C=O)CC3)c2=O)ccc1OCc1ccc(Cl)c(Cl)c1. The zero-order chi connectivity index (χ0) is 33.0. The van der Waals surface area contributed by atoms with Crippen LogP contribution in [0.4, 0.5) is 13.2 Å². The van der Waals surface area contributed by atoms with Crippen LogP contribution in [0.2, 0.25) is 10.0 Å². The van der Waals surface area contributed by atoms with Crippen molar-refractivity contribution in [1.29, 1.82) is 5.26 Å². The first-order chi connectivity index (χ1) is 22.1. The maximum atomic E-state index is 14.0. The summed E-state index contributed by atoms with van der Waals surface area (Å²) in [5.41, 5.74) is 0.200. The fourth-order valence-electron chi connectivity index (χ4n) is 5.36. The van der Waals surface area contributed by atoms with Crippen LogP contribution in [0.3, 0.4) is 0 Å². The van der Waals surface area contributed by atoms with E-state index in [0.29, 0.717) is 41.5 Å². The Morgan fingerprint density at radius 1 is 1.00 bits per heavy atom. The monoisotopic (exact) mass is 674 g/mol. The number of piperidine rings is 1. The van der Waals surface area contributed by atoms with Gasteiger partial charge in [-0.2, -0.15) is 5.26 Å². The average molecular weight is 675 g/mol. The van der Waals surface area contributed by atoms with Crippen molar-refractivity contribution in [2.45, 2.75) is 44.6 Å². The first-order valence-corrected chi connectivity index (χ1v) is 15.0. The Labute approximate surface area is 270 Å². The van der Waals surface area contributed by atoms with E-state index in [9.17, 15) is 32.8 Å². The molecule has 4 aromatic rings. The number of hydrogen-bond donors (Lipinski definition) is 0. The van der Waals surface area contributed by atoms with Gasteiger partial charge in [0, 0.05) is 25.2 Å². The van der Waals surface area contributed by atoms with E-state index in [1.54, 1.807) is 35.2 Å². The highest BCUT2D eigenvalue weighted by atomic mass is 35.5. The van der Waals surface area contributed by atoms with Gasteiger partial charge in [-0.05, 0) is 60.4 Å². The highest BCUT2D eigenvalue weighted by molar-refractivity contribution is 6.42. The van der Waals surface area contributed by atoms with Crippen LogP contribution in [-0.4, -0.2) is 52.7 Å². The fourth-order valence-corrected chi connectivity index (χ4v) is 5.68. The number of likely N-dealkylation sites (tertiary alicyclic amines) is 1. The molecule has 0 aliphatic carbocycles. The van der Waals surface area contributed by atoms with Gasteiger partial charge >= 0.3 is 5.69 Å². The Kier molecular flexibility index (Phi) is 10.2. The lowest BCUT2D eigenvalue weighted by atomic mass is 10.0. The molecule has 1 aromatic heterocycles. The molecule has 5 rings (SSSR count). The molecule has 0 saturated carbocycles. The predicted octanol–water partition coefficient (Wildman–Crippen LogP) is 5.74. The first kappa shape index (κ1) is 32.9. The number of carbonyl (C=O) groups excluding carboxylic acids is 1. The number of fused-ring (bicyclic) bond motifs is 1. The van der Waals surface area contributed by atoms with Crippen LogP contribution in [0.5, 0.6) is 11.5 Å². The Morgan fingerprint density at radius 2 is 1.74 bits per heavy atom. The Morgan fingerprint density at radius 3 is 2.39 bits per heavy atom. The van der Waals surface area contributed by atoms with Crippen LogP contribution in [0.25, 0.3) is 10.9 Å². The van der Waals surface area contributed by atoms with Crippen molar-refractivity contribution in [2.24, 2.45) is 0 Å². The number of halogens is 5. The average Bonchev–Trinajstić information content (AvgIpc) is 3.06. The van der Waals surface area contributed by atoms with Crippen LogP contribution in [0.1, 0.15) is 35.6 Å². The zero-order valence-electron chi connectivity index (χ0n) is 24.2. The number of amides is 1. The minimum atomic E-state index is -3.09. The van der Waals surface area contributed by atoms with Crippen molar-refractivity contribution in [3.8, 4) is 17.6 Å². The second-order valence-corrected chi connectivity index (χ2v) is 11.5. The summed E-state index contributed by atoms with van der Waals surface area (Å²) in [5.74, 6) is 0.159. The van der Waals surface area contributed by atoms with Crippen molar-refractivity contribution in [3.63, 3.8) is 0 Å². The van der Waals surface area contributed by atoms with E-state index < -0.39 is 36.5 Å². The van der Waals surface area contributed by atoms with E-state index >= 15 is 0 Å². The number of nitriles is 1. The molecule has 0 spiro atoms. The van der Waals surface area contributed by atoms with Gasteiger partial charge in [0.25, 0.3) is 12.0 Å². The number of carbonyl (C=O) groups is 1. The van der Waals surface area contributed by atoms with Crippen molar-refractivity contribution in [2.75, 3.05) is 19.8 Å². The molecule has 1 unspecified atom stereocenters. The summed E-state index contributed by atoms with van der Waals surface area (Å²) in [4.78, 5) is 40.5. The number of benzene rings is 3. The minimum absolute atomic E-state index is 0.109. The van der Waals surface area contributed by atoms with Gasteiger partial charge < -0.3 is 14.4 Å². The molecule has 9 nitrogen and oxygen atoms in total. The van der Waals surface area contributed by atoms with Gasteiger partial charge in [0.1, 0.15) is 30.8 Å². The first-order valence-electron chi connectivity index (χ1n) is 14.2.